The Balaban J connectivity index is 1.60. The van der Waals surface area contributed by atoms with Crippen molar-refractivity contribution < 1.29 is 19.8 Å². The van der Waals surface area contributed by atoms with Crippen molar-refractivity contribution in [1.29, 1.82) is 0 Å². The Bertz CT molecular complexity index is 1090. The first-order valence-electron chi connectivity index (χ1n) is 13.4. The second-order valence-electron chi connectivity index (χ2n) is 11.2. The number of aromatic nitrogens is 2. The number of hydrogen-bond donors (Lipinski definition) is 4. The monoisotopic (exact) mass is 528 g/mol. The van der Waals surface area contributed by atoms with E-state index in [9.17, 15) is 19.8 Å². The third-order valence-electron chi connectivity index (χ3n) is 8.75. The van der Waals surface area contributed by atoms with E-state index in [4.69, 9.17) is 4.98 Å². The van der Waals surface area contributed by atoms with Crippen LogP contribution in [-0.2, 0) is 22.6 Å². The molecule has 202 valence electrons. The lowest BCUT2D eigenvalue weighted by Crippen LogP contribution is -2.57. The normalized spacial score (nSPS) is 28.7. The van der Waals surface area contributed by atoms with Gasteiger partial charge in [-0.2, -0.15) is 0 Å². The largest absolute Gasteiger partial charge is 0.396 e. The lowest BCUT2D eigenvalue weighted by molar-refractivity contribution is -0.144. The van der Waals surface area contributed by atoms with Crippen LogP contribution >= 0.6 is 11.3 Å². The molecule has 1 fully saturated rings. The molecule has 2 aromatic rings. The Morgan fingerprint density at radius 3 is 2.76 bits per heavy atom. The zero-order chi connectivity index (χ0) is 26.6. The maximum absolute atomic E-state index is 13.2. The molecule has 2 heterocycles. The summed E-state index contributed by atoms with van der Waals surface area (Å²) in [5.74, 6) is -0.317. The number of fused-ring (bicyclic) bond motifs is 2. The van der Waals surface area contributed by atoms with Crippen LogP contribution in [0, 0.1) is 16.7 Å². The van der Waals surface area contributed by atoms with Gasteiger partial charge in [0.2, 0.25) is 11.8 Å². The molecular weight excluding hydrogens is 488 g/mol. The van der Waals surface area contributed by atoms with Crippen LogP contribution in [0.4, 0.5) is 5.13 Å². The lowest BCUT2D eigenvalue weighted by atomic mass is 9.47. The second-order valence-corrected chi connectivity index (χ2v) is 12.3. The Hall–Kier alpha value is -2.36. The fourth-order valence-corrected chi connectivity index (χ4v) is 7.46. The number of hydrogen-bond acceptors (Lipinski definition) is 7. The van der Waals surface area contributed by atoms with Crippen LogP contribution in [0.15, 0.2) is 24.5 Å². The van der Waals surface area contributed by atoms with Crippen molar-refractivity contribution in [1.82, 2.24) is 15.3 Å². The fraction of sp³-hybridized carbons (Fsp3) is 0.643. The number of rotatable bonds is 10. The second kappa shape index (κ2) is 11.6. The first kappa shape index (κ1) is 27.7. The van der Waals surface area contributed by atoms with E-state index in [1.807, 2.05) is 19.1 Å². The van der Waals surface area contributed by atoms with Gasteiger partial charge < -0.3 is 20.8 Å². The topological polar surface area (TPSA) is 124 Å². The van der Waals surface area contributed by atoms with E-state index < -0.39 is 11.5 Å². The van der Waals surface area contributed by atoms with Crippen molar-refractivity contribution in [2.45, 2.75) is 90.7 Å². The van der Waals surface area contributed by atoms with E-state index in [0.717, 1.165) is 41.8 Å². The van der Waals surface area contributed by atoms with Crippen LogP contribution in [0.25, 0.3) is 0 Å². The van der Waals surface area contributed by atoms with E-state index >= 15 is 0 Å². The predicted molar refractivity (Wildman–Crippen MR) is 144 cm³/mol. The molecule has 4 N–H and O–H groups in total. The predicted octanol–water partition coefficient (Wildman–Crippen LogP) is 4.18. The number of nitrogens with zero attached hydrogens (tertiary/aromatic N) is 2. The summed E-state index contributed by atoms with van der Waals surface area (Å²) in [7, 11) is 0. The molecule has 0 radical (unpaired) electrons. The summed E-state index contributed by atoms with van der Waals surface area (Å²) in [4.78, 5) is 35.7. The summed E-state index contributed by atoms with van der Waals surface area (Å²) in [6.07, 6.45) is 8.44. The van der Waals surface area contributed by atoms with Gasteiger partial charge in [-0.15, -0.1) is 11.3 Å². The Morgan fingerprint density at radius 2 is 2.05 bits per heavy atom. The third-order valence-corrected chi connectivity index (χ3v) is 9.76. The minimum atomic E-state index is -0.678. The van der Waals surface area contributed by atoms with Gasteiger partial charge in [0.1, 0.15) is 0 Å². The van der Waals surface area contributed by atoms with E-state index in [0.29, 0.717) is 30.9 Å². The van der Waals surface area contributed by atoms with Crippen LogP contribution in [0.1, 0.15) is 87.8 Å². The standard InChI is InChI=1S/C28H40N4O4S/c1-4-5-6-9-23(35)31-26-32-25-19(13-24(36)30-16-18-8-7-12-29-15-18)27(2)11-10-22(34)28(3,17-33)21(27)14-20(25)37-26/h7-8,12,15,19,21-22,33-34H,4-6,9-11,13-14,16-17H2,1-3H3,(H,30,36)(H,31,32,35)/t19-,21+,22-,27+,28+/m1/s1. The van der Waals surface area contributed by atoms with Gasteiger partial charge in [-0.05, 0) is 48.6 Å². The van der Waals surface area contributed by atoms with Gasteiger partial charge in [-0.25, -0.2) is 4.98 Å². The molecule has 2 aliphatic rings. The number of carbonyl (C=O) groups excluding carboxylic acids is 2. The minimum Gasteiger partial charge on any atom is -0.396 e. The van der Waals surface area contributed by atoms with Crippen LogP contribution < -0.4 is 10.6 Å². The zero-order valence-electron chi connectivity index (χ0n) is 22.1. The number of nitrogens with one attached hydrogen (secondary N) is 2. The molecule has 4 rings (SSSR count). The average molecular weight is 529 g/mol. The van der Waals surface area contributed by atoms with E-state index in [1.54, 1.807) is 12.4 Å². The highest BCUT2D eigenvalue weighted by Gasteiger charge is 2.59. The number of thiazole rings is 1. The summed E-state index contributed by atoms with van der Waals surface area (Å²) in [6, 6.07) is 3.77. The van der Waals surface area contributed by atoms with Gasteiger partial charge in [0.15, 0.2) is 5.13 Å². The molecule has 1 saturated carbocycles. The van der Waals surface area contributed by atoms with Gasteiger partial charge in [0.05, 0.1) is 18.4 Å². The maximum Gasteiger partial charge on any atom is 0.226 e. The highest BCUT2D eigenvalue weighted by atomic mass is 32.1. The van der Waals surface area contributed by atoms with Gasteiger partial charge in [0, 0.05) is 48.0 Å². The summed E-state index contributed by atoms with van der Waals surface area (Å²) in [6.45, 7) is 6.53. The fourth-order valence-electron chi connectivity index (χ4n) is 6.38. The Labute approximate surface area is 223 Å². The van der Waals surface area contributed by atoms with E-state index in [-0.39, 0.29) is 42.1 Å². The van der Waals surface area contributed by atoms with Gasteiger partial charge in [-0.1, -0.05) is 39.7 Å². The molecule has 2 aromatic heterocycles. The summed E-state index contributed by atoms with van der Waals surface area (Å²) in [5.41, 5.74) is 0.801. The molecule has 9 heteroatoms. The number of aliphatic hydroxyl groups excluding tert-OH is 2. The maximum atomic E-state index is 13.2. The summed E-state index contributed by atoms with van der Waals surface area (Å²) >= 11 is 1.46. The number of pyridine rings is 1. The van der Waals surface area contributed by atoms with Crippen LogP contribution in [0.5, 0.6) is 0 Å². The minimum absolute atomic E-state index is 0.0223. The number of anilines is 1. The molecule has 5 atom stereocenters. The molecule has 2 amide bonds. The molecule has 0 bridgehead atoms. The molecule has 0 saturated heterocycles. The molecule has 0 aromatic carbocycles. The molecular formula is C28H40N4O4S. The number of carbonyl (C=O) groups is 2. The highest BCUT2D eigenvalue weighted by molar-refractivity contribution is 7.15. The van der Waals surface area contributed by atoms with Crippen LogP contribution in [0.2, 0.25) is 0 Å². The van der Waals surface area contributed by atoms with Crippen molar-refractivity contribution in [3.8, 4) is 0 Å². The molecule has 0 unspecified atom stereocenters. The summed E-state index contributed by atoms with van der Waals surface area (Å²) < 4.78 is 0. The van der Waals surface area contributed by atoms with Crippen molar-refractivity contribution in [2.75, 3.05) is 11.9 Å². The van der Waals surface area contributed by atoms with Gasteiger partial charge in [-0.3, -0.25) is 14.6 Å². The lowest BCUT2D eigenvalue weighted by Gasteiger charge is -2.58. The number of unbranched alkanes of at least 4 members (excludes halogenated alkanes) is 2. The summed E-state index contributed by atoms with van der Waals surface area (Å²) in [5, 5.41) is 27.9. The number of aliphatic hydroxyl groups is 2. The van der Waals surface area contributed by atoms with Crippen molar-refractivity contribution >= 4 is 28.3 Å². The zero-order valence-corrected chi connectivity index (χ0v) is 22.9. The van der Waals surface area contributed by atoms with Crippen molar-refractivity contribution in [3.05, 3.63) is 40.7 Å². The number of amides is 2. The molecule has 0 spiro atoms. The van der Waals surface area contributed by atoms with Crippen molar-refractivity contribution in [2.24, 2.45) is 16.7 Å². The SMILES string of the molecule is CCCCCC(=O)Nc1nc2c(s1)C[C@@H]1[C@](C)(CO)[C@H](O)CC[C@@]1(C)[C@@H]2CC(=O)NCc1cccnc1. The van der Waals surface area contributed by atoms with Gasteiger partial charge >= 0.3 is 0 Å². The highest BCUT2D eigenvalue weighted by Crippen LogP contribution is 2.62. The van der Waals surface area contributed by atoms with Crippen molar-refractivity contribution in [3.63, 3.8) is 0 Å². The quantitative estimate of drug-likeness (QED) is 0.343. The first-order valence-corrected chi connectivity index (χ1v) is 14.3. The Kier molecular flexibility index (Phi) is 8.66. The van der Waals surface area contributed by atoms with Gasteiger partial charge in [0.25, 0.3) is 0 Å². The third kappa shape index (κ3) is 5.73. The van der Waals surface area contributed by atoms with E-state index in [2.05, 4.69) is 29.5 Å². The van der Waals surface area contributed by atoms with Crippen LogP contribution in [-0.4, -0.2) is 44.7 Å². The Morgan fingerprint density at radius 1 is 1.24 bits per heavy atom. The molecule has 37 heavy (non-hydrogen) atoms. The first-order chi connectivity index (χ1) is 17.7. The van der Waals surface area contributed by atoms with Crippen LogP contribution in [0.3, 0.4) is 0 Å². The smallest absolute Gasteiger partial charge is 0.226 e. The van der Waals surface area contributed by atoms with E-state index in [1.165, 1.54) is 11.3 Å². The molecule has 8 nitrogen and oxygen atoms in total. The molecule has 0 aliphatic heterocycles. The molecule has 2 aliphatic carbocycles. The average Bonchev–Trinajstić information content (AvgIpc) is 3.29.